The van der Waals surface area contributed by atoms with Crippen LogP contribution in [0, 0.1) is 6.92 Å². The molecule has 0 saturated carbocycles. The highest BCUT2D eigenvalue weighted by molar-refractivity contribution is 14.0. The normalized spacial score (nSPS) is 11.4. The van der Waals surface area contributed by atoms with E-state index >= 15 is 0 Å². The van der Waals surface area contributed by atoms with Gasteiger partial charge in [-0.3, -0.25) is 9.67 Å². The van der Waals surface area contributed by atoms with E-state index in [0.29, 0.717) is 0 Å². The van der Waals surface area contributed by atoms with E-state index in [4.69, 9.17) is 4.98 Å². The Kier molecular flexibility index (Phi) is 8.56. The second-order valence-electron chi connectivity index (χ2n) is 6.21. The van der Waals surface area contributed by atoms with Gasteiger partial charge in [0.25, 0.3) is 0 Å². The molecular weight excluding hydrogens is 453 g/mol. The molecule has 3 rings (SSSR count). The number of aromatic nitrogens is 4. The maximum atomic E-state index is 4.71. The first kappa shape index (κ1) is 21.2. The van der Waals surface area contributed by atoms with Crippen LogP contribution in [0.3, 0.4) is 0 Å². The number of aliphatic imine (C=N–C) groups is 1. The number of nitrogens with zero attached hydrogens (tertiary/aromatic N) is 5. The third-order valence-electron chi connectivity index (χ3n) is 4.12. The highest BCUT2D eigenvalue weighted by Gasteiger charge is 2.04. The van der Waals surface area contributed by atoms with Crippen molar-refractivity contribution < 1.29 is 0 Å². The van der Waals surface area contributed by atoms with E-state index in [2.05, 4.69) is 51.2 Å². The van der Waals surface area contributed by atoms with Crippen molar-refractivity contribution in [1.29, 1.82) is 0 Å². The van der Waals surface area contributed by atoms with Crippen molar-refractivity contribution in [2.24, 2.45) is 4.99 Å². The second kappa shape index (κ2) is 10.9. The fourth-order valence-electron chi connectivity index (χ4n) is 2.83. The summed E-state index contributed by atoms with van der Waals surface area (Å²) in [7, 11) is 0. The first-order valence-electron chi connectivity index (χ1n) is 9.19. The van der Waals surface area contributed by atoms with Gasteiger partial charge in [0.15, 0.2) is 5.96 Å². The maximum Gasteiger partial charge on any atom is 0.191 e. The number of hydrogen-bond acceptors (Lipinski definition) is 3. The summed E-state index contributed by atoms with van der Waals surface area (Å²) in [6, 6.07) is 6.07. The zero-order chi connectivity index (χ0) is 18.2. The van der Waals surface area contributed by atoms with Crippen molar-refractivity contribution in [2.45, 2.75) is 33.2 Å². The topological polar surface area (TPSA) is 71.5 Å². The van der Waals surface area contributed by atoms with Gasteiger partial charge >= 0.3 is 0 Å². The number of halogens is 1. The molecule has 2 N–H and O–H groups in total. The maximum absolute atomic E-state index is 4.71. The fourth-order valence-corrected chi connectivity index (χ4v) is 2.83. The van der Waals surface area contributed by atoms with Crippen LogP contribution in [0.15, 0.2) is 48.0 Å². The highest BCUT2D eigenvalue weighted by atomic mass is 127. The molecule has 0 atom stereocenters. The molecule has 0 bridgehead atoms. The third kappa shape index (κ3) is 6.23. The summed E-state index contributed by atoms with van der Waals surface area (Å²) in [4.78, 5) is 9.34. The van der Waals surface area contributed by atoms with Gasteiger partial charge in [-0.2, -0.15) is 5.10 Å². The van der Waals surface area contributed by atoms with Gasteiger partial charge in [0.05, 0.1) is 5.69 Å². The van der Waals surface area contributed by atoms with Gasteiger partial charge in [0, 0.05) is 57.4 Å². The van der Waals surface area contributed by atoms with Crippen LogP contribution in [0.5, 0.6) is 0 Å². The first-order valence-corrected chi connectivity index (χ1v) is 9.19. The quantitative estimate of drug-likeness (QED) is 0.225. The lowest BCUT2D eigenvalue weighted by molar-refractivity contribution is 0.584. The van der Waals surface area contributed by atoms with E-state index < -0.39 is 0 Å². The monoisotopic (exact) mass is 481 g/mol. The van der Waals surface area contributed by atoms with Crippen LogP contribution in [0.1, 0.15) is 24.6 Å². The lowest BCUT2D eigenvalue weighted by Crippen LogP contribution is -2.38. The van der Waals surface area contributed by atoms with Crippen LogP contribution in [0.4, 0.5) is 0 Å². The van der Waals surface area contributed by atoms with E-state index in [0.717, 1.165) is 56.3 Å². The molecule has 7 nitrogen and oxygen atoms in total. The SMILES string of the molecule is CCNC(=NCCCn1cccn1)NCCc1cn2cccc(C)c2n1.I. The third-order valence-corrected chi connectivity index (χ3v) is 4.12. The molecule has 0 aliphatic rings. The molecule has 3 aromatic heterocycles. The van der Waals surface area contributed by atoms with Crippen LogP contribution < -0.4 is 10.6 Å². The van der Waals surface area contributed by atoms with E-state index in [9.17, 15) is 0 Å². The van der Waals surface area contributed by atoms with E-state index in [1.165, 1.54) is 5.56 Å². The van der Waals surface area contributed by atoms with Gasteiger partial charge in [-0.25, -0.2) is 4.98 Å². The van der Waals surface area contributed by atoms with Gasteiger partial charge in [0.1, 0.15) is 5.65 Å². The minimum absolute atomic E-state index is 0. The number of aryl methyl sites for hydroxylation is 2. The predicted octanol–water partition coefficient (Wildman–Crippen LogP) is 2.65. The average Bonchev–Trinajstić information content (AvgIpc) is 3.28. The molecule has 146 valence electrons. The number of guanidine groups is 1. The summed E-state index contributed by atoms with van der Waals surface area (Å²) in [5.74, 6) is 0.855. The molecular formula is C19H28IN7. The Morgan fingerprint density at radius 2 is 2.11 bits per heavy atom. The molecule has 0 unspecified atom stereocenters. The van der Waals surface area contributed by atoms with Crippen molar-refractivity contribution in [2.75, 3.05) is 19.6 Å². The smallest absolute Gasteiger partial charge is 0.191 e. The zero-order valence-electron chi connectivity index (χ0n) is 15.9. The first-order chi connectivity index (χ1) is 12.8. The lowest BCUT2D eigenvalue weighted by Gasteiger charge is -2.10. The summed E-state index contributed by atoms with van der Waals surface area (Å²) < 4.78 is 4.01. The molecule has 0 aliphatic heterocycles. The molecule has 8 heteroatoms. The molecule has 0 fully saturated rings. The minimum Gasteiger partial charge on any atom is -0.357 e. The Morgan fingerprint density at radius 1 is 1.22 bits per heavy atom. The highest BCUT2D eigenvalue weighted by Crippen LogP contribution is 2.09. The van der Waals surface area contributed by atoms with Crippen molar-refractivity contribution in [3.63, 3.8) is 0 Å². The minimum atomic E-state index is 0. The molecule has 3 heterocycles. The Morgan fingerprint density at radius 3 is 2.85 bits per heavy atom. The molecule has 27 heavy (non-hydrogen) atoms. The number of nitrogens with one attached hydrogen (secondary N) is 2. The van der Waals surface area contributed by atoms with Crippen LogP contribution in [0.2, 0.25) is 0 Å². The Balaban J connectivity index is 0.00000261. The molecule has 0 amide bonds. The standard InChI is InChI=1S/C19H27N7.HI/c1-3-20-19(21-9-5-13-26-14-6-10-23-26)22-11-8-17-15-25-12-4-7-16(2)18(25)24-17;/h4,6-7,10,12,14-15H,3,5,8-9,11,13H2,1-2H3,(H2,20,21,22);1H. The summed E-state index contributed by atoms with van der Waals surface area (Å²) in [5.41, 5.74) is 3.31. The van der Waals surface area contributed by atoms with Crippen molar-refractivity contribution in [3.05, 3.63) is 54.2 Å². The zero-order valence-corrected chi connectivity index (χ0v) is 18.3. The number of fused-ring (bicyclic) bond motifs is 1. The van der Waals surface area contributed by atoms with Gasteiger partial charge in [-0.15, -0.1) is 24.0 Å². The molecule has 0 aliphatic carbocycles. The van der Waals surface area contributed by atoms with Crippen molar-refractivity contribution in [3.8, 4) is 0 Å². The number of hydrogen-bond donors (Lipinski definition) is 2. The predicted molar refractivity (Wildman–Crippen MR) is 120 cm³/mol. The summed E-state index contributed by atoms with van der Waals surface area (Å²) in [6.45, 7) is 7.46. The number of rotatable bonds is 8. The van der Waals surface area contributed by atoms with Gasteiger partial charge in [-0.1, -0.05) is 6.07 Å². The summed E-state index contributed by atoms with van der Waals surface area (Å²) >= 11 is 0. The van der Waals surface area contributed by atoms with E-state index in [-0.39, 0.29) is 24.0 Å². The number of imidazole rings is 1. The Labute approximate surface area is 177 Å². The Bertz CT molecular complexity index is 839. The summed E-state index contributed by atoms with van der Waals surface area (Å²) in [6.07, 6.45) is 9.73. The van der Waals surface area contributed by atoms with E-state index in [1.807, 2.05) is 29.2 Å². The average molecular weight is 481 g/mol. The molecule has 0 saturated heterocycles. The molecule has 0 radical (unpaired) electrons. The van der Waals surface area contributed by atoms with Crippen LogP contribution in [0.25, 0.3) is 5.65 Å². The molecule has 0 aromatic carbocycles. The second-order valence-corrected chi connectivity index (χ2v) is 6.21. The lowest BCUT2D eigenvalue weighted by atomic mass is 10.3. The van der Waals surface area contributed by atoms with Crippen LogP contribution in [-0.2, 0) is 13.0 Å². The van der Waals surface area contributed by atoms with Gasteiger partial charge < -0.3 is 15.0 Å². The fraction of sp³-hybridized carbons (Fsp3) is 0.421. The van der Waals surface area contributed by atoms with Gasteiger partial charge in [-0.05, 0) is 38.0 Å². The summed E-state index contributed by atoms with van der Waals surface area (Å²) in [5, 5.41) is 10.9. The van der Waals surface area contributed by atoms with Crippen LogP contribution in [-0.4, -0.2) is 44.8 Å². The number of pyridine rings is 1. The Hall–Kier alpha value is -2.10. The van der Waals surface area contributed by atoms with E-state index in [1.54, 1.807) is 6.20 Å². The van der Waals surface area contributed by atoms with Crippen LogP contribution >= 0.6 is 24.0 Å². The van der Waals surface area contributed by atoms with Crippen molar-refractivity contribution in [1.82, 2.24) is 29.8 Å². The largest absolute Gasteiger partial charge is 0.357 e. The molecule has 0 spiro atoms. The van der Waals surface area contributed by atoms with Crippen molar-refractivity contribution >= 4 is 35.6 Å². The molecule has 3 aromatic rings. The van der Waals surface area contributed by atoms with Gasteiger partial charge in [0.2, 0.25) is 0 Å².